The molecule has 2 saturated heterocycles. The molecule has 2 aliphatic rings. The summed E-state index contributed by atoms with van der Waals surface area (Å²) in [5.74, 6) is -2.71. The predicted molar refractivity (Wildman–Crippen MR) is 59.4 cm³/mol. The fourth-order valence-corrected chi connectivity index (χ4v) is 2.27. The van der Waals surface area contributed by atoms with Crippen LogP contribution in [-0.2, 0) is 9.47 Å². The van der Waals surface area contributed by atoms with Gasteiger partial charge in [0, 0.05) is 26.2 Å². The van der Waals surface area contributed by atoms with Crippen molar-refractivity contribution >= 4 is 0 Å². The largest absolute Gasteiger partial charge is 0.379 e. The van der Waals surface area contributed by atoms with Gasteiger partial charge in [0.25, 0.3) is 5.92 Å². The van der Waals surface area contributed by atoms with Gasteiger partial charge >= 0.3 is 0 Å². The minimum atomic E-state index is -2.71. The Morgan fingerprint density at radius 1 is 1.35 bits per heavy atom. The summed E-state index contributed by atoms with van der Waals surface area (Å²) in [5, 5.41) is 0. The van der Waals surface area contributed by atoms with Gasteiger partial charge in [-0.3, -0.25) is 9.80 Å². The molecule has 17 heavy (non-hydrogen) atoms. The summed E-state index contributed by atoms with van der Waals surface area (Å²) >= 11 is 0. The van der Waals surface area contributed by atoms with Crippen molar-refractivity contribution in [3.05, 3.63) is 0 Å². The van der Waals surface area contributed by atoms with Gasteiger partial charge in [0.2, 0.25) is 0 Å². The zero-order valence-corrected chi connectivity index (χ0v) is 10.2. The SMILES string of the molecule is CN1CC(OCCN2CCOCC2)C(F)(F)C1. The van der Waals surface area contributed by atoms with Crippen molar-refractivity contribution in [3.63, 3.8) is 0 Å². The van der Waals surface area contributed by atoms with Crippen LogP contribution >= 0.6 is 0 Å². The molecule has 0 aromatic carbocycles. The van der Waals surface area contributed by atoms with Crippen LogP contribution in [0, 0.1) is 0 Å². The molecule has 0 aromatic heterocycles. The predicted octanol–water partition coefficient (Wildman–Crippen LogP) is 0.284. The van der Waals surface area contributed by atoms with E-state index in [-0.39, 0.29) is 6.54 Å². The van der Waals surface area contributed by atoms with Crippen molar-refractivity contribution < 1.29 is 18.3 Å². The molecule has 0 amide bonds. The Morgan fingerprint density at radius 2 is 2.06 bits per heavy atom. The molecule has 2 heterocycles. The Labute approximate surface area is 100 Å². The molecule has 0 aromatic rings. The summed E-state index contributed by atoms with van der Waals surface area (Å²) in [4.78, 5) is 3.79. The van der Waals surface area contributed by atoms with Gasteiger partial charge in [0.15, 0.2) is 0 Å². The second kappa shape index (κ2) is 5.56. The van der Waals surface area contributed by atoms with E-state index in [9.17, 15) is 8.78 Å². The maximum absolute atomic E-state index is 13.4. The molecule has 0 spiro atoms. The lowest BCUT2D eigenvalue weighted by Gasteiger charge is -2.27. The first-order valence-corrected chi connectivity index (χ1v) is 6.06. The zero-order valence-electron chi connectivity index (χ0n) is 10.2. The highest BCUT2D eigenvalue weighted by atomic mass is 19.3. The third-order valence-electron chi connectivity index (χ3n) is 3.26. The molecular weight excluding hydrogens is 230 g/mol. The number of likely N-dealkylation sites (N-methyl/N-ethyl adjacent to an activating group) is 1. The maximum Gasteiger partial charge on any atom is 0.287 e. The molecule has 0 saturated carbocycles. The lowest BCUT2D eigenvalue weighted by molar-refractivity contribution is -0.109. The van der Waals surface area contributed by atoms with E-state index in [0.717, 1.165) is 26.3 Å². The number of hydrogen-bond acceptors (Lipinski definition) is 4. The first-order chi connectivity index (χ1) is 8.08. The minimum absolute atomic E-state index is 0.199. The fourth-order valence-electron chi connectivity index (χ4n) is 2.27. The number of morpholine rings is 1. The van der Waals surface area contributed by atoms with Crippen LogP contribution < -0.4 is 0 Å². The van der Waals surface area contributed by atoms with Crippen LogP contribution in [0.2, 0.25) is 0 Å². The Morgan fingerprint density at radius 3 is 2.65 bits per heavy atom. The standard InChI is InChI=1S/C11H20F2N2O2/c1-14-8-10(11(12,13)9-14)17-7-4-15-2-5-16-6-3-15/h10H,2-9H2,1H3. The molecule has 2 fully saturated rings. The van der Waals surface area contributed by atoms with E-state index in [0.29, 0.717) is 19.7 Å². The molecule has 6 heteroatoms. The van der Waals surface area contributed by atoms with Gasteiger partial charge in [-0.1, -0.05) is 0 Å². The van der Waals surface area contributed by atoms with Gasteiger partial charge in [-0.05, 0) is 7.05 Å². The number of rotatable bonds is 4. The van der Waals surface area contributed by atoms with Crippen LogP contribution in [0.3, 0.4) is 0 Å². The van der Waals surface area contributed by atoms with Crippen molar-refractivity contribution in [2.75, 3.05) is 59.6 Å². The number of halogens is 2. The third-order valence-corrected chi connectivity index (χ3v) is 3.26. The van der Waals surface area contributed by atoms with Crippen molar-refractivity contribution in [2.45, 2.75) is 12.0 Å². The van der Waals surface area contributed by atoms with Crippen LogP contribution in [0.15, 0.2) is 0 Å². The molecule has 1 unspecified atom stereocenters. The highest BCUT2D eigenvalue weighted by Crippen LogP contribution is 2.28. The minimum Gasteiger partial charge on any atom is -0.379 e. The normalized spacial score (nSPS) is 30.9. The van der Waals surface area contributed by atoms with Gasteiger partial charge in [-0.25, -0.2) is 8.78 Å². The number of ether oxygens (including phenoxy) is 2. The number of hydrogen-bond donors (Lipinski definition) is 0. The van der Waals surface area contributed by atoms with E-state index < -0.39 is 12.0 Å². The smallest absolute Gasteiger partial charge is 0.287 e. The Bertz CT molecular complexity index is 248. The van der Waals surface area contributed by atoms with Crippen molar-refractivity contribution in [1.82, 2.24) is 9.80 Å². The van der Waals surface area contributed by atoms with Crippen molar-refractivity contribution in [3.8, 4) is 0 Å². The van der Waals surface area contributed by atoms with Gasteiger partial charge in [0.05, 0.1) is 26.4 Å². The molecule has 0 N–H and O–H groups in total. The first-order valence-electron chi connectivity index (χ1n) is 6.06. The molecule has 2 aliphatic heterocycles. The lowest BCUT2D eigenvalue weighted by atomic mass is 10.2. The summed E-state index contributed by atoms with van der Waals surface area (Å²) in [6.45, 7) is 4.37. The van der Waals surface area contributed by atoms with E-state index in [2.05, 4.69) is 4.90 Å². The highest BCUT2D eigenvalue weighted by molar-refractivity contribution is 4.90. The molecular formula is C11H20F2N2O2. The lowest BCUT2D eigenvalue weighted by Crippen LogP contribution is -2.40. The maximum atomic E-state index is 13.4. The molecule has 2 rings (SSSR count). The molecule has 4 nitrogen and oxygen atoms in total. The second-order valence-electron chi connectivity index (χ2n) is 4.77. The van der Waals surface area contributed by atoms with Crippen LogP contribution in [-0.4, -0.2) is 81.4 Å². The zero-order chi connectivity index (χ0) is 12.3. The summed E-state index contributed by atoms with van der Waals surface area (Å²) in [5.41, 5.74) is 0. The van der Waals surface area contributed by atoms with E-state index >= 15 is 0 Å². The van der Waals surface area contributed by atoms with E-state index in [1.54, 1.807) is 11.9 Å². The van der Waals surface area contributed by atoms with E-state index in [1.165, 1.54) is 0 Å². The summed E-state index contributed by atoms with van der Waals surface area (Å²) < 4.78 is 37.4. The van der Waals surface area contributed by atoms with Crippen LogP contribution in [0.25, 0.3) is 0 Å². The van der Waals surface area contributed by atoms with Crippen LogP contribution in [0.1, 0.15) is 0 Å². The van der Waals surface area contributed by atoms with E-state index in [1.807, 2.05) is 0 Å². The molecule has 0 bridgehead atoms. The highest BCUT2D eigenvalue weighted by Gasteiger charge is 2.47. The Hall–Kier alpha value is -0.300. The summed E-state index contributed by atoms with van der Waals surface area (Å²) in [6, 6.07) is 0. The van der Waals surface area contributed by atoms with Crippen LogP contribution in [0.4, 0.5) is 8.78 Å². The monoisotopic (exact) mass is 250 g/mol. The fraction of sp³-hybridized carbons (Fsp3) is 1.00. The topological polar surface area (TPSA) is 24.9 Å². The molecule has 0 aliphatic carbocycles. The van der Waals surface area contributed by atoms with Gasteiger partial charge in [-0.2, -0.15) is 0 Å². The first kappa shape index (κ1) is 13.1. The van der Waals surface area contributed by atoms with Crippen LogP contribution in [0.5, 0.6) is 0 Å². The molecule has 100 valence electrons. The third kappa shape index (κ3) is 3.58. The molecule has 1 atom stereocenters. The van der Waals surface area contributed by atoms with Crippen molar-refractivity contribution in [1.29, 1.82) is 0 Å². The average Bonchev–Trinajstić information content (AvgIpc) is 2.53. The molecule has 0 radical (unpaired) electrons. The van der Waals surface area contributed by atoms with Gasteiger partial charge in [-0.15, -0.1) is 0 Å². The summed E-state index contributed by atoms with van der Waals surface area (Å²) in [6.07, 6.45) is -0.950. The van der Waals surface area contributed by atoms with Gasteiger partial charge < -0.3 is 9.47 Å². The average molecular weight is 250 g/mol. The Kier molecular flexibility index (Phi) is 4.30. The number of nitrogens with zero attached hydrogens (tertiary/aromatic N) is 2. The summed E-state index contributed by atoms with van der Waals surface area (Å²) in [7, 11) is 1.69. The van der Waals surface area contributed by atoms with Crippen molar-refractivity contribution in [2.24, 2.45) is 0 Å². The number of likely N-dealkylation sites (tertiary alicyclic amines) is 1. The quantitative estimate of drug-likeness (QED) is 0.716. The number of alkyl halides is 2. The van der Waals surface area contributed by atoms with Gasteiger partial charge in [0.1, 0.15) is 6.10 Å². The van der Waals surface area contributed by atoms with E-state index in [4.69, 9.17) is 9.47 Å². The Balaban J connectivity index is 1.67. The second-order valence-corrected chi connectivity index (χ2v) is 4.77.